The van der Waals surface area contributed by atoms with E-state index in [0.717, 1.165) is 0 Å². The van der Waals surface area contributed by atoms with E-state index in [1.54, 1.807) is 0 Å². The van der Waals surface area contributed by atoms with Crippen molar-refractivity contribution in [2.45, 2.75) is 31.2 Å². The van der Waals surface area contributed by atoms with Crippen LogP contribution in [0.15, 0.2) is 17.0 Å². The molecule has 8 heteroatoms. The van der Waals surface area contributed by atoms with Gasteiger partial charge in [0, 0.05) is 19.1 Å². The van der Waals surface area contributed by atoms with Gasteiger partial charge in [0.05, 0.1) is 12.1 Å². The molecule has 2 rings (SSSR count). The quantitative estimate of drug-likeness (QED) is 0.892. The molecule has 2 N–H and O–H groups in total. The Kier molecular flexibility index (Phi) is 5.00. The molecule has 1 saturated heterocycles. The predicted molar refractivity (Wildman–Crippen MR) is 88.1 cm³/mol. The van der Waals surface area contributed by atoms with Gasteiger partial charge in [0.25, 0.3) is 0 Å². The van der Waals surface area contributed by atoms with Crippen molar-refractivity contribution in [1.82, 2.24) is 4.31 Å². The van der Waals surface area contributed by atoms with Crippen LogP contribution in [-0.2, 0) is 10.0 Å². The number of hydrogen-bond acceptors (Lipinski definition) is 4. The summed E-state index contributed by atoms with van der Waals surface area (Å²) >= 11 is 12.2. The summed E-state index contributed by atoms with van der Waals surface area (Å²) < 4.78 is 32.2. The Balaban J connectivity index is 2.42. The summed E-state index contributed by atoms with van der Waals surface area (Å²) in [6.45, 7) is 4.63. The molecule has 1 aliphatic rings. The lowest BCUT2D eigenvalue weighted by atomic mass is 9.81. The van der Waals surface area contributed by atoms with Gasteiger partial charge in [0.2, 0.25) is 10.0 Å². The number of piperidine rings is 1. The number of ether oxygens (including phenoxy) is 1. The zero-order chi connectivity index (χ0) is 16.7. The van der Waals surface area contributed by atoms with Crippen molar-refractivity contribution in [2.75, 3.05) is 20.2 Å². The zero-order valence-corrected chi connectivity index (χ0v) is 15.1. The van der Waals surface area contributed by atoms with Crippen LogP contribution in [0.4, 0.5) is 0 Å². The average molecular weight is 367 g/mol. The number of benzene rings is 1. The first-order valence-electron chi connectivity index (χ1n) is 6.89. The van der Waals surface area contributed by atoms with Crippen LogP contribution in [0.1, 0.15) is 20.3 Å². The van der Waals surface area contributed by atoms with E-state index >= 15 is 0 Å². The monoisotopic (exact) mass is 366 g/mol. The second-order valence-corrected chi connectivity index (χ2v) is 8.78. The van der Waals surface area contributed by atoms with Gasteiger partial charge in [0.1, 0.15) is 15.7 Å². The number of hydrogen-bond donors (Lipinski definition) is 1. The summed E-state index contributed by atoms with van der Waals surface area (Å²) in [5.74, 6) is 0.339. The van der Waals surface area contributed by atoms with E-state index < -0.39 is 10.0 Å². The minimum absolute atomic E-state index is 0.00811. The van der Waals surface area contributed by atoms with Gasteiger partial charge in [-0.05, 0) is 24.0 Å². The van der Waals surface area contributed by atoms with E-state index in [-0.39, 0.29) is 26.4 Å². The van der Waals surface area contributed by atoms with Crippen molar-refractivity contribution in [1.29, 1.82) is 0 Å². The van der Waals surface area contributed by atoms with Gasteiger partial charge in [-0.1, -0.05) is 37.0 Å². The first kappa shape index (κ1) is 17.8. The van der Waals surface area contributed by atoms with Crippen LogP contribution in [0.5, 0.6) is 5.75 Å². The highest BCUT2D eigenvalue weighted by atomic mass is 35.5. The summed E-state index contributed by atoms with van der Waals surface area (Å²) in [5.41, 5.74) is 5.77. The first-order chi connectivity index (χ1) is 10.1. The van der Waals surface area contributed by atoms with Gasteiger partial charge >= 0.3 is 0 Å². The molecular weight excluding hydrogens is 347 g/mol. The molecule has 0 saturated carbocycles. The molecule has 0 aromatic heterocycles. The molecule has 1 unspecified atom stereocenters. The normalized spacial score (nSPS) is 22.5. The summed E-state index contributed by atoms with van der Waals surface area (Å²) in [5, 5.41) is 0.0758. The van der Waals surface area contributed by atoms with E-state index in [0.29, 0.717) is 25.3 Å². The van der Waals surface area contributed by atoms with Crippen LogP contribution in [0, 0.1) is 5.41 Å². The zero-order valence-electron chi connectivity index (χ0n) is 12.8. The Morgan fingerprint density at radius 1 is 1.32 bits per heavy atom. The van der Waals surface area contributed by atoms with E-state index in [9.17, 15) is 8.42 Å². The Morgan fingerprint density at radius 3 is 2.50 bits per heavy atom. The average Bonchev–Trinajstić information content (AvgIpc) is 2.44. The van der Waals surface area contributed by atoms with Crippen LogP contribution >= 0.6 is 23.2 Å². The molecule has 0 aliphatic carbocycles. The van der Waals surface area contributed by atoms with Crippen molar-refractivity contribution in [3.05, 3.63) is 22.2 Å². The molecule has 1 atom stereocenters. The molecule has 5 nitrogen and oxygen atoms in total. The predicted octanol–water partition coefficient (Wildman–Crippen LogP) is 2.75. The van der Waals surface area contributed by atoms with Crippen LogP contribution in [0.2, 0.25) is 10.0 Å². The van der Waals surface area contributed by atoms with Gasteiger partial charge in [-0.2, -0.15) is 4.31 Å². The van der Waals surface area contributed by atoms with Crippen LogP contribution < -0.4 is 10.5 Å². The van der Waals surface area contributed by atoms with E-state index in [2.05, 4.69) is 0 Å². The maximum Gasteiger partial charge on any atom is 0.244 e. The second-order valence-electron chi connectivity index (χ2n) is 6.12. The molecule has 0 radical (unpaired) electrons. The van der Waals surface area contributed by atoms with Crippen molar-refractivity contribution >= 4 is 33.2 Å². The minimum Gasteiger partial charge on any atom is -0.495 e. The topological polar surface area (TPSA) is 72.6 Å². The summed E-state index contributed by atoms with van der Waals surface area (Å²) in [6.07, 6.45) is 0.605. The maximum atomic E-state index is 12.9. The molecule has 1 aromatic carbocycles. The van der Waals surface area contributed by atoms with Crippen molar-refractivity contribution in [3.63, 3.8) is 0 Å². The van der Waals surface area contributed by atoms with Crippen LogP contribution in [0.3, 0.4) is 0 Å². The van der Waals surface area contributed by atoms with Crippen molar-refractivity contribution in [3.8, 4) is 5.75 Å². The van der Waals surface area contributed by atoms with Gasteiger partial charge in [-0.3, -0.25) is 0 Å². The summed E-state index contributed by atoms with van der Waals surface area (Å²) in [7, 11) is -2.28. The lowest BCUT2D eigenvalue weighted by molar-refractivity contribution is 0.155. The molecule has 0 bridgehead atoms. The highest BCUT2D eigenvalue weighted by Crippen LogP contribution is 2.39. The fraction of sp³-hybridized carbons (Fsp3) is 0.571. The smallest absolute Gasteiger partial charge is 0.244 e. The van der Waals surface area contributed by atoms with Crippen LogP contribution in [-0.4, -0.2) is 39.0 Å². The Bertz CT molecular complexity index is 677. The Morgan fingerprint density at radius 2 is 1.95 bits per heavy atom. The SMILES string of the molecule is COc1ccc(S(=O)(=O)N2CCC(N)C(C)(C)C2)c(Cl)c1Cl. The van der Waals surface area contributed by atoms with Gasteiger partial charge < -0.3 is 10.5 Å². The number of halogens is 2. The number of sulfonamides is 1. The van der Waals surface area contributed by atoms with Crippen molar-refractivity contribution in [2.24, 2.45) is 11.1 Å². The van der Waals surface area contributed by atoms with E-state index in [1.807, 2.05) is 13.8 Å². The number of rotatable bonds is 3. The lowest BCUT2D eigenvalue weighted by Crippen LogP contribution is -2.53. The first-order valence-corrected chi connectivity index (χ1v) is 9.08. The third-order valence-corrected chi connectivity index (χ3v) is 6.99. The largest absolute Gasteiger partial charge is 0.495 e. The molecule has 1 fully saturated rings. The fourth-order valence-corrected chi connectivity index (χ4v) is 4.98. The Labute approximate surface area is 141 Å². The summed E-state index contributed by atoms with van der Waals surface area (Å²) in [6, 6.07) is 2.89. The van der Waals surface area contributed by atoms with Crippen LogP contribution in [0.25, 0.3) is 0 Å². The highest BCUT2D eigenvalue weighted by molar-refractivity contribution is 7.89. The fourth-order valence-electron chi connectivity index (χ4n) is 2.54. The molecule has 22 heavy (non-hydrogen) atoms. The van der Waals surface area contributed by atoms with Gasteiger partial charge in [-0.25, -0.2) is 8.42 Å². The number of nitrogens with two attached hydrogens (primary N) is 1. The number of nitrogens with zero attached hydrogens (tertiary/aromatic N) is 1. The molecule has 1 aromatic rings. The van der Waals surface area contributed by atoms with E-state index in [1.165, 1.54) is 23.5 Å². The summed E-state index contributed by atoms with van der Waals surface area (Å²) in [4.78, 5) is -0.00811. The third-order valence-electron chi connectivity index (χ3n) is 4.13. The second kappa shape index (κ2) is 6.17. The maximum absolute atomic E-state index is 12.9. The molecule has 0 spiro atoms. The van der Waals surface area contributed by atoms with Crippen molar-refractivity contribution < 1.29 is 13.2 Å². The van der Waals surface area contributed by atoms with Gasteiger partial charge in [-0.15, -0.1) is 0 Å². The van der Waals surface area contributed by atoms with Gasteiger partial charge in [0.15, 0.2) is 0 Å². The highest BCUT2D eigenvalue weighted by Gasteiger charge is 2.39. The lowest BCUT2D eigenvalue weighted by Gasteiger charge is -2.41. The molecule has 1 heterocycles. The molecule has 124 valence electrons. The minimum atomic E-state index is -3.73. The number of methoxy groups -OCH3 is 1. The Hall–Kier alpha value is -0.530. The standard InChI is InChI=1S/C14H20Cl2N2O3S/c1-14(2)8-18(7-6-11(14)17)22(19,20)10-5-4-9(21-3)12(15)13(10)16/h4-5,11H,6-8,17H2,1-3H3. The van der Waals surface area contributed by atoms with E-state index in [4.69, 9.17) is 33.7 Å². The molecule has 0 amide bonds. The molecular formula is C14H20Cl2N2O3S. The third kappa shape index (κ3) is 3.08. The molecule has 1 aliphatic heterocycles.